The molecule has 9 heteroatoms. The molecule has 0 aliphatic rings. The highest BCUT2D eigenvalue weighted by Crippen LogP contribution is 2.18. The number of aromatic hydroxyl groups is 1. The molecule has 0 unspecified atom stereocenters. The predicted molar refractivity (Wildman–Crippen MR) is 91.5 cm³/mol. The van der Waals surface area contributed by atoms with Gasteiger partial charge in [0.25, 0.3) is 0 Å². The number of hydrogen-bond acceptors (Lipinski definition) is 7. The Kier molecular flexibility index (Phi) is 6.83. The number of amides is 2. The van der Waals surface area contributed by atoms with E-state index in [2.05, 4.69) is 20.4 Å². The number of nitrogens with zero attached hydrogens (tertiary/aromatic N) is 1. The molecular weight excluding hydrogens is 314 g/mol. The molecule has 7 N–H and O–H groups in total. The fourth-order valence-electron chi connectivity index (χ4n) is 1.45. The molecule has 0 atom stereocenters. The highest BCUT2D eigenvalue weighted by Gasteiger charge is 2.07. The fraction of sp³-hybridized carbons (Fsp3) is 0.133. The second kappa shape index (κ2) is 8.83. The first-order chi connectivity index (χ1) is 11.3. The third kappa shape index (κ3) is 6.10. The Morgan fingerprint density at radius 1 is 1.08 bits per heavy atom. The number of phenols is 1. The number of nitrogens with one attached hydrogen (secondary N) is 2. The summed E-state index contributed by atoms with van der Waals surface area (Å²) in [5.74, 6) is 0.285. The molecular formula is C15H19N5O4. The Bertz CT molecular complexity index is 700. The van der Waals surface area contributed by atoms with Crippen molar-refractivity contribution in [1.29, 1.82) is 0 Å². The van der Waals surface area contributed by atoms with Gasteiger partial charge in [0.2, 0.25) is 5.91 Å². The lowest BCUT2D eigenvalue weighted by atomic mass is 10.3. The number of anilines is 4. The van der Waals surface area contributed by atoms with Gasteiger partial charge >= 0.3 is 6.09 Å². The summed E-state index contributed by atoms with van der Waals surface area (Å²) in [6.45, 7) is 1.33. The molecule has 128 valence electrons. The SMILES string of the molecule is COC(=O)Nc1ccc(N)c(NC(C)=O)n1.Nc1ccccc1O. The molecule has 0 bridgehead atoms. The number of pyridine rings is 1. The highest BCUT2D eigenvalue weighted by atomic mass is 16.5. The minimum absolute atomic E-state index is 0.146. The zero-order chi connectivity index (χ0) is 18.1. The number of phenolic OH excluding ortho intramolecular Hbond substituents is 1. The van der Waals surface area contributed by atoms with Crippen LogP contribution in [0, 0.1) is 0 Å². The lowest BCUT2D eigenvalue weighted by molar-refractivity contribution is -0.114. The number of hydrogen-bond donors (Lipinski definition) is 5. The van der Waals surface area contributed by atoms with Crippen LogP contribution in [-0.2, 0) is 9.53 Å². The summed E-state index contributed by atoms with van der Waals surface area (Å²) in [6.07, 6.45) is -0.647. The Hall–Kier alpha value is -3.49. The molecule has 24 heavy (non-hydrogen) atoms. The maximum Gasteiger partial charge on any atom is 0.412 e. The highest BCUT2D eigenvalue weighted by molar-refractivity contribution is 5.91. The molecule has 1 heterocycles. The zero-order valence-electron chi connectivity index (χ0n) is 13.2. The van der Waals surface area contributed by atoms with Gasteiger partial charge in [-0.25, -0.2) is 9.78 Å². The Balaban J connectivity index is 0.000000300. The van der Waals surface area contributed by atoms with E-state index in [-0.39, 0.29) is 23.3 Å². The van der Waals surface area contributed by atoms with E-state index in [9.17, 15) is 9.59 Å². The number of ether oxygens (including phenoxy) is 1. The molecule has 1 aromatic carbocycles. The van der Waals surface area contributed by atoms with E-state index < -0.39 is 6.09 Å². The number of aromatic nitrogens is 1. The van der Waals surface area contributed by atoms with E-state index in [0.29, 0.717) is 11.4 Å². The van der Waals surface area contributed by atoms with E-state index >= 15 is 0 Å². The summed E-state index contributed by atoms with van der Waals surface area (Å²) in [7, 11) is 1.24. The van der Waals surface area contributed by atoms with E-state index in [4.69, 9.17) is 16.6 Å². The number of carbonyl (C=O) groups is 2. The van der Waals surface area contributed by atoms with Crippen molar-refractivity contribution in [2.45, 2.75) is 6.92 Å². The molecule has 2 rings (SSSR count). The number of methoxy groups -OCH3 is 1. The largest absolute Gasteiger partial charge is 0.506 e. The number of rotatable bonds is 2. The topological polar surface area (TPSA) is 153 Å². The molecule has 0 saturated carbocycles. The van der Waals surface area contributed by atoms with E-state index in [1.807, 2.05) is 0 Å². The number of nitrogen functional groups attached to an aromatic ring is 2. The van der Waals surface area contributed by atoms with Gasteiger partial charge in [0.1, 0.15) is 11.6 Å². The fourth-order valence-corrected chi connectivity index (χ4v) is 1.45. The van der Waals surface area contributed by atoms with Gasteiger partial charge in [0, 0.05) is 6.92 Å². The summed E-state index contributed by atoms with van der Waals surface area (Å²) in [4.78, 5) is 25.7. The molecule has 0 radical (unpaired) electrons. The molecule has 1 aromatic heterocycles. The van der Waals surface area contributed by atoms with E-state index in [1.165, 1.54) is 26.2 Å². The molecule has 0 aliphatic carbocycles. The predicted octanol–water partition coefficient (Wildman–Crippen LogP) is 1.77. The van der Waals surface area contributed by atoms with Gasteiger partial charge in [-0.05, 0) is 24.3 Å². The van der Waals surface area contributed by atoms with Crippen molar-refractivity contribution < 1.29 is 19.4 Å². The van der Waals surface area contributed by atoms with Crippen LogP contribution in [0.2, 0.25) is 0 Å². The second-order valence-electron chi connectivity index (χ2n) is 4.49. The first-order valence-corrected chi connectivity index (χ1v) is 6.76. The normalized spacial score (nSPS) is 9.25. The minimum Gasteiger partial charge on any atom is -0.506 e. The van der Waals surface area contributed by atoms with Gasteiger partial charge < -0.3 is 26.6 Å². The molecule has 0 saturated heterocycles. The number of para-hydroxylation sites is 2. The average Bonchev–Trinajstić information content (AvgIpc) is 2.53. The van der Waals surface area contributed by atoms with Crippen LogP contribution in [0.25, 0.3) is 0 Å². The monoisotopic (exact) mass is 333 g/mol. The van der Waals surface area contributed by atoms with Crippen molar-refractivity contribution in [3.05, 3.63) is 36.4 Å². The molecule has 2 aromatic rings. The molecule has 0 spiro atoms. The van der Waals surface area contributed by atoms with Crippen LogP contribution in [0.5, 0.6) is 5.75 Å². The van der Waals surface area contributed by atoms with Crippen molar-refractivity contribution in [3.63, 3.8) is 0 Å². The number of benzene rings is 1. The maximum absolute atomic E-state index is 10.9. The number of carbonyl (C=O) groups excluding carboxylic acids is 2. The van der Waals surface area contributed by atoms with Crippen molar-refractivity contribution in [2.24, 2.45) is 0 Å². The van der Waals surface area contributed by atoms with E-state index in [1.54, 1.807) is 24.3 Å². The molecule has 0 fully saturated rings. The number of nitrogens with two attached hydrogens (primary N) is 2. The van der Waals surface area contributed by atoms with Crippen LogP contribution in [0.1, 0.15) is 6.92 Å². The van der Waals surface area contributed by atoms with Crippen molar-refractivity contribution in [1.82, 2.24) is 4.98 Å². The Labute approximate surface area is 138 Å². The summed E-state index contributed by atoms with van der Waals surface area (Å²) in [5.41, 5.74) is 11.6. The van der Waals surface area contributed by atoms with Crippen LogP contribution in [0.4, 0.5) is 27.8 Å². The summed E-state index contributed by atoms with van der Waals surface area (Å²) in [5, 5.41) is 13.6. The van der Waals surface area contributed by atoms with Crippen LogP contribution < -0.4 is 22.1 Å². The first kappa shape index (κ1) is 18.6. The van der Waals surface area contributed by atoms with Crippen LogP contribution in [0.15, 0.2) is 36.4 Å². The third-order valence-electron chi connectivity index (χ3n) is 2.57. The van der Waals surface area contributed by atoms with Crippen molar-refractivity contribution in [2.75, 3.05) is 29.2 Å². The smallest absolute Gasteiger partial charge is 0.412 e. The lowest BCUT2D eigenvalue weighted by Gasteiger charge is -2.08. The molecule has 2 amide bonds. The quantitative estimate of drug-likeness (QED) is 0.414. The first-order valence-electron chi connectivity index (χ1n) is 6.76. The Morgan fingerprint density at radius 3 is 2.25 bits per heavy atom. The molecule has 9 nitrogen and oxygen atoms in total. The maximum atomic E-state index is 10.9. The minimum atomic E-state index is -0.647. The standard InChI is InChI=1S/C9H12N4O3.C6H7NO/c1-5(14)11-8-6(10)3-4-7(12-8)13-9(15)16-2;7-5-3-1-2-4-6(5)8/h3-4H,10H2,1-2H3,(H2,11,12,13,14,15);1-4,8H,7H2. The lowest BCUT2D eigenvalue weighted by Crippen LogP contribution is -2.14. The molecule has 0 aliphatic heterocycles. The van der Waals surface area contributed by atoms with Crippen LogP contribution >= 0.6 is 0 Å². The van der Waals surface area contributed by atoms with Gasteiger partial charge in [0.15, 0.2) is 5.82 Å². The Morgan fingerprint density at radius 2 is 1.75 bits per heavy atom. The van der Waals surface area contributed by atoms with Gasteiger partial charge in [-0.1, -0.05) is 12.1 Å². The average molecular weight is 333 g/mol. The summed E-state index contributed by atoms with van der Waals surface area (Å²) >= 11 is 0. The zero-order valence-corrected chi connectivity index (χ0v) is 13.2. The van der Waals surface area contributed by atoms with Crippen molar-refractivity contribution in [3.8, 4) is 5.75 Å². The second-order valence-corrected chi connectivity index (χ2v) is 4.49. The van der Waals surface area contributed by atoms with Gasteiger partial charge in [0.05, 0.1) is 18.5 Å². The van der Waals surface area contributed by atoms with Crippen molar-refractivity contribution >= 4 is 35.0 Å². The third-order valence-corrected chi connectivity index (χ3v) is 2.57. The van der Waals surface area contributed by atoms with Crippen LogP contribution in [-0.4, -0.2) is 29.2 Å². The summed E-state index contributed by atoms with van der Waals surface area (Å²) < 4.78 is 4.40. The van der Waals surface area contributed by atoms with E-state index in [0.717, 1.165) is 0 Å². The van der Waals surface area contributed by atoms with Gasteiger partial charge in [-0.3, -0.25) is 10.1 Å². The van der Waals surface area contributed by atoms with Crippen LogP contribution in [0.3, 0.4) is 0 Å². The summed E-state index contributed by atoms with van der Waals surface area (Å²) in [6, 6.07) is 9.71. The van der Waals surface area contributed by atoms with Gasteiger partial charge in [-0.15, -0.1) is 0 Å². The van der Waals surface area contributed by atoms with Gasteiger partial charge in [-0.2, -0.15) is 0 Å².